The fraction of sp³-hybridized carbons (Fsp3) is 0.409. The highest BCUT2D eigenvalue weighted by Gasteiger charge is 2.61. The molecule has 28 heavy (non-hydrogen) atoms. The molecule has 1 saturated heterocycles. The summed E-state index contributed by atoms with van der Waals surface area (Å²) in [5.41, 5.74) is 5.79. The Morgan fingerprint density at radius 3 is 1.96 bits per heavy atom. The maximum atomic E-state index is 12.9. The van der Waals surface area contributed by atoms with E-state index in [9.17, 15) is 14.4 Å². The average molecular weight is 377 g/mol. The molecule has 6 nitrogen and oxygen atoms in total. The van der Waals surface area contributed by atoms with Crippen molar-refractivity contribution >= 4 is 23.4 Å². The molecular formula is C22H23N3O3. The predicted octanol–water partition coefficient (Wildman–Crippen LogP) is 3.02. The van der Waals surface area contributed by atoms with Crippen molar-refractivity contribution < 1.29 is 14.4 Å². The van der Waals surface area contributed by atoms with Crippen LogP contribution in [0, 0.1) is 37.5 Å². The highest BCUT2D eigenvalue weighted by molar-refractivity contribution is 6.22. The Kier molecular flexibility index (Phi) is 3.73. The Labute approximate surface area is 163 Å². The molecule has 2 saturated carbocycles. The third kappa shape index (κ3) is 2.37. The number of aromatic nitrogens is 1. The zero-order chi connectivity index (χ0) is 19.6. The molecule has 6 heteroatoms. The maximum Gasteiger partial charge on any atom is 0.270 e. The molecule has 0 unspecified atom stereocenters. The first kappa shape index (κ1) is 17.2. The maximum absolute atomic E-state index is 12.9. The quantitative estimate of drug-likeness (QED) is 0.836. The average Bonchev–Trinajstić information content (AvgIpc) is 3.43. The van der Waals surface area contributed by atoms with E-state index >= 15 is 0 Å². The summed E-state index contributed by atoms with van der Waals surface area (Å²) >= 11 is 0. The Hall–Kier alpha value is -2.89. The minimum Gasteiger partial charge on any atom is -0.274 e. The van der Waals surface area contributed by atoms with Crippen molar-refractivity contribution in [2.75, 3.05) is 10.3 Å². The smallest absolute Gasteiger partial charge is 0.270 e. The van der Waals surface area contributed by atoms with Crippen molar-refractivity contribution in [2.45, 2.75) is 33.1 Å². The lowest BCUT2D eigenvalue weighted by atomic mass is 9.81. The van der Waals surface area contributed by atoms with Crippen LogP contribution in [0.2, 0.25) is 0 Å². The zero-order valence-corrected chi connectivity index (χ0v) is 16.0. The van der Waals surface area contributed by atoms with Gasteiger partial charge < -0.3 is 0 Å². The number of nitrogens with zero attached hydrogens (tertiary/aromatic N) is 2. The summed E-state index contributed by atoms with van der Waals surface area (Å²) in [4.78, 5) is 39.7. The first-order chi connectivity index (χ1) is 13.5. The standard InChI is InChI=1S/C22H23N3O3/c1-12-3-4-13(2)25(12)23-20(26)14-7-9-17(10-8-14)24-21(27)18-15-5-6-16(11-15)19(18)22(24)28/h3-4,7-10,15-16,18-19H,5-6,11H2,1-2H3,(H,23,26)/t15-,16-,18-,19-/m0/s1. The molecule has 1 aromatic carbocycles. The van der Waals surface area contributed by atoms with Gasteiger partial charge in [-0.2, -0.15) is 0 Å². The van der Waals surface area contributed by atoms with E-state index in [1.54, 1.807) is 28.9 Å². The number of amides is 3. The van der Waals surface area contributed by atoms with Crippen LogP contribution in [0.5, 0.6) is 0 Å². The number of hydrogen-bond donors (Lipinski definition) is 1. The third-order valence-electron chi connectivity index (χ3n) is 6.80. The number of fused-ring (bicyclic) bond motifs is 5. The highest BCUT2D eigenvalue weighted by Crippen LogP contribution is 2.56. The second-order valence-corrected chi connectivity index (χ2v) is 8.34. The van der Waals surface area contributed by atoms with Gasteiger partial charge in [0, 0.05) is 17.0 Å². The second kappa shape index (κ2) is 6.06. The van der Waals surface area contributed by atoms with Gasteiger partial charge in [0.15, 0.2) is 0 Å². The van der Waals surface area contributed by atoms with E-state index in [0.29, 0.717) is 23.1 Å². The van der Waals surface area contributed by atoms with E-state index in [1.807, 2.05) is 26.0 Å². The Balaban J connectivity index is 1.36. The number of imide groups is 1. The van der Waals surface area contributed by atoms with Gasteiger partial charge in [0.25, 0.3) is 5.91 Å². The lowest BCUT2D eigenvalue weighted by molar-refractivity contribution is -0.123. The van der Waals surface area contributed by atoms with Crippen LogP contribution in [0.1, 0.15) is 41.0 Å². The number of hydrogen-bond acceptors (Lipinski definition) is 3. The van der Waals surface area contributed by atoms with E-state index in [-0.39, 0.29) is 29.6 Å². The minimum atomic E-state index is -0.233. The molecule has 0 spiro atoms. The van der Waals surface area contributed by atoms with Crippen molar-refractivity contribution in [1.82, 2.24) is 4.68 Å². The summed E-state index contributed by atoms with van der Waals surface area (Å²) in [5.74, 6) is 0.130. The minimum absolute atomic E-state index is 0.0574. The van der Waals surface area contributed by atoms with Crippen molar-refractivity contribution in [1.29, 1.82) is 0 Å². The van der Waals surface area contributed by atoms with E-state index in [2.05, 4.69) is 5.43 Å². The van der Waals surface area contributed by atoms with Gasteiger partial charge in [-0.1, -0.05) is 0 Å². The van der Waals surface area contributed by atoms with Crippen LogP contribution in [-0.4, -0.2) is 22.4 Å². The molecule has 2 bridgehead atoms. The number of rotatable bonds is 3. The molecule has 0 radical (unpaired) electrons. The summed E-state index contributed by atoms with van der Waals surface area (Å²) in [6.07, 6.45) is 3.16. The van der Waals surface area contributed by atoms with Crippen LogP contribution in [-0.2, 0) is 9.59 Å². The second-order valence-electron chi connectivity index (χ2n) is 8.34. The first-order valence-corrected chi connectivity index (χ1v) is 9.90. The van der Waals surface area contributed by atoms with Gasteiger partial charge in [0.2, 0.25) is 11.8 Å². The number of aryl methyl sites for hydroxylation is 2. The molecule has 144 valence electrons. The summed E-state index contributed by atoms with van der Waals surface area (Å²) in [5, 5.41) is 0. The predicted molar refractivity (Wildman–Crippen MR) is 104 cm³/mol. The highest BCUT2D eigenvalue weighted by atomic mass is 16.2. The van der Waals surface area contributed by atoms with E-state index in [1.165, 1.54) is 4.90 Å². The van der Waals surface area contributed by atoms with Gasteiger partial charge in [-0.15, -0.1) is 0 Å². The lowest BCUT2D eigenvalue weighted by Gasteiger charge is -2.19. The number of anilines is 1. The normalized spacial score (nSPS) is 28.1. The van der Waals surface area contributed by atoms with E-state index < -0.39 is 0 Å². The zero-order valence-electron chi connectivity index (χ0n) is 16.0. The Bertz CT molecular complexity index is 943. The van der Waals surface area contributed by atoms with Crippen LogP contribution in [0.4, 0.5) is 5.69 Å². The molecule has 2 heterocycles. The van der Waals surface area contributed by atoms with Crippen LogP contribution in [0.25, 0.3) is 0 Å². The van der Waals surface area contributed by atoms with Crippen LogP contribution in [0.3, 0.4) is 0 Å². The molecule has 1 N–H and O–H groups in total. The van der Waals surface area contributed by atoms with Crippen LogP contribution in [0.15, 0.2) is 36.4 Å². The lowest BCUT2D eigenvalue weighted by Crippen LogP contribution is -2.32. The first-order valence-electron chi connectivity index (χ1n) is 9.90. The molecule has 3 amide bonds. The summed E-state index contributed by atoms with van der Waals surface area (Å²) in [7, 11) is 0. The molecule has 4 atom stereocenters. The SMILES string of the molecule is Cc1ccc(C)n1NC(=O)c1ccc(N2C(=O)[C@H]3[C@H]4CC[C@@H](C4)[C@@H]3C2=O)cc1. The monoisotopic (exact) mass is 377 g/mol. The summed E-state index contributed by atoms with van der Waals surface area (Å²) in [6.45, 7) is 3.84. The fourth-order valence-electron chi connectivity index (χ4n) is 5.44. The molecule has 1 aromatic heterocycles. The molecule has 1 aliphatic heterocycles. The fourth-order valence-corrected chi connectivity index (χ4v) is 5.44. The summed E-state index contributed by atoms with van der Waals surface area (Å²) < 4.78 is 1.74. The van der Waals surface area contributed by atoms with Gasteiger partial charge in [-0.3, -0.25) is 29.4 Å². The number of carbonyl (C=O) groups excluding carboxylic acids is 3. The van der Waals surface area contributed by atoms with E-state index in [4.69, 9.17) is 0 Å². The Morgan fingerprint density at radius 2 is 1.43 bits per heavy atom. The number of benzene rings is 1. The van der Waals surface area contributed by atoms with Crippen LogP contribution >= 0.6 is 0 Å². The Morgan fingerprint density at radius 1 is 0.893 bits per heavy atom. The third-order valence-corrected chi connectivity index (χ3v) is 6.80. The van der Waals surface area contributed by atoms with Gasteiger partial charge in [-0.05, 0) is 81.3 Å². The van der Waals surface area contributed by atoms with Crippen molar-refractivity contribution in [3.05, 3.63) is 53.3 Å². The topological polar surface area (TPSA) is 71.4 Å². The number of carbonyl (C=O) groups is 3. The molecule has 2 aliphatic carbocycles. The van der Waals surface area contributed by atoms with Crippen molar-refractivity contribution in [2.24, 2.45) is 23.7 Å². The van der Waals surface area contributed by atoms with Crippen molar-refractivity contribution in [3.63, 3.8) is 0 Å². The molecule has 3 fully saturated rings. The van der Waals surface area contributed by atoms with Crippen molar-refractivity contribution in [3.8, 4) is 0 Å². The van der Waals surface area contributed by atoms with Gasteiger partial charge in [0.05, 0.1) is 17.5 Å². The van der Waals surface area contributed by atoms with Gasteiger partial charge >= 0.3 is 0 Å². The summed E-state index contributed by atoms with van der Waals surface area (Å²) in [6, 6.07) is 10.6. The molecule has 5 rings (SSSR count). The van der Waals surface area contributed by atoms with E-state index in [0.717, 1.165) is 30.7 Å². The van der Waals surface area contributed by atoms with Crippen LogP contribution < -0.4 is 10.3 Å². The van der Waals surface area contributed by atoms with Gasteiger partial charge in [-0.25, -0.2) is 0 Å². The van der Waals surface area contributed by atoms with Gasteiger partial charge in [0.1, 0.15) is 0 Å². The molecule has 3 aliphatic rings. The largest absolute Gasteiger partial charge is 0.274 e. The molecule has 2 aromatic rings. The number of nitrogens with one attached hydrogen (secondary N) is 1. The molecular weight excluding hydrogens is 354 g/mol.